The molecule has 2 aromatic heterocycles. The Morgan fingerprint density at radius 2 is 1.95 bits per heavy atom. The number of nitrogens with two attached hydrogens (primary N) is 1. The molecule has 1 fully saturated rings. The van der Waals surface area contributed by atoms with Gasteiger partial charge in [-0.05, 0) is 32.2 Å². The molecule has 0 radical (unpaired) electrons. The Morgan fingerprint density at radius 1 is 1.23 bits per heavy atom. The van der Waals surface area contributed by atoms with Crippen LogP contribution in [-0.4, -0.2) is 64.2 Å². The molecule has 15 heteroatoms. The lowest BCUT2D eigenvalue weighted by Crippen LogP contribution is -2.37. The number of hydrogen-bond donors (Lipinski definition) is 2. The first kappa shape index (κ1) is 31.6. The van der Waals surface area contributed by atoms with Gasteiger partial charge in [-0.1, -0.05) is 43.3 Å². The number of anilines is 2. The molecule has 5 rings (SSSR count). The Hall–Kier alpha value is -3.84. The molecule has 0 aliphatic carbocycles. The molecule has 0 spiro atoms. The number of nitrogens with zero attached hydrogens (tertiary/aromatic N) is 5. The smallest absolute Gasteiger partial charge is 0.459 e. The van der Waals surface area contributed by atoms with E-state index in [1.165, 1.54) is 13.3 Å². The van der Waals surface area contributed by atoms with Gasteiger partial charge >= 0.3 is 13.7 Å². The zero-order valence-electron chi connectivity index (χ0n) is 25.4. The fourth-order valence-corrected chi connectivity index (χ4v) is 6.64. The zero-order chi connectivity index (χ0) is 31.8. The molecule has 0 saturated carbocycles. The summed E-state index contributed by atoms with van der Waals surface area (Å²) in [5.74, 6) is -2.64. The predicted molar refractivity (Wildman–Crippen MR) is 164 cm³/mol. The third-order valence-corrected chi connectivity index (χ3v) is 8.65. The summed E-state index contributed by atoms with van der Waals surface area (Å²) in [5.41, 5.74) is 6.81. The van der Waals surface area contributed by atoms with Crippen LogP contribution >= 0.6 is 7.75 Å². The molecule has 4 aromatic rings. The van der Waals surface area contributed by atoms with E-state index in [9.17, 15) is 9.36 Å². The average Bonchev–Trinajstić information content (AvgIpc) is 3.51. The zero-order valence-corrected chi connectivity index (χ0v) is 26.3. The van der Waals surface area contributed by atoms with Gasteiger partial charge in [0.15, 0.2) is 17.0 Å². The van der Waals surface area contributed by atoms with Gasteiger partial charge in [-0.25, -0.2) is 13.9 Å². The third-order valence-electron chi connectivity index (χ3n) is 7.04. The van der Waals surface area contributed by atoms with Crippen LogP contribution < -0.4 is 20.2 Å². The normalized spacial score (nSPS) is 22.3. The minimum Gasteiger partial charge on any atom is -0.462 e. The molecular weight excluding hydrogens is 592 g/mol. The molecule has 13 nitrogen and oxygen atoms in total. The minimum absolute atomic E-state index is 0.0335. The maximum atomic E-state index is 16.3. The lowest BCUT2D eigenvalue weighted by atomic mass is 10.1. The molecular formula is C29H37FN7O6P. The van der Waals surface area contributed by atoms with Crippen LogP contribution in [-0.2, 0) is 23.4 Å². The highest BCUT2D eigenvalue weighted by Crippen LogP contribution is 2.50. The summed E-state index contributed by atoms with van der Waals surface area (Å²) in [4.78, 5) is 27.3. The van der Waals surface area contributed by atoms with E-state index >= 15 is 4.39 Å². The summed E-state index contributed by atoms with van der Waals surface area (Å²) in [5, 5.41) is 4.10. The Balaban J connectivity index is 1.40. The number of rotatable bonds is 11. The molecule has 44 heavy (non-hydrogen) atoms. The highest BCUT2D eigenvalue weighted by molar-refractivity contribution is 7.52. The van der Waals surface area contributed by atoms with Gasteiger partial charge < -0.3 is 24.6 Å². The number of alkyl halides is 1. The van der Waals surface area contributed by atoms with Crippen LogP contribution in [0.2, 0.25) is 0 Å². The van der Waals surface area contributed by atoms with E-state index in [-0.39, 0.29) is 24.0 Å². The molecule has 0 bridgehead atoms. The van der Waals surface area contributed by atoms with Crippen LogP contribution in [0.1, 0.15) is 40.3 Å². The van der Waals surface area contributed by atoms with Gasteiger partial charge in [0.2, 0.25) is 11.8 Å². The van der Waals surface area contributed by atoms with Crippen molar-refractivity contribution in [2.75, 3.05) is 31.3 Å². The number of carbonyl (C=O) groups is 1. The first-order chi connectivity index (χ1) is 20.8. The van der Waals surface area contributed by atoms with Crippen molar-refractivity contribution in [3.05, 3.63) is 48.8 Å². The largest absolute Gasteiger partial charge is 0.462 e. The minimum atomic E-state index is -4.39. The fraction of sp³-hybridized carbons (Fsp3) is 0.448. The molecule has 1 aliphatic rings. The number of aromatic nitrogens is 4. The van der Waals surface area contributed by atoms with E-state index in [0.717, 1.165) is 5.39 Å². The number of nitrogens with one attached hydrogen (secondary N) is 1. The maximum Gasteiger partial charge on any atom is 0.459 e. The van der Waals surface area contributed by atoms with E-state index < -0.39 is 44.6 Å². The molecule has 3 heterocycles. The number of ether oxygens (including phenoxy) is 2. The Morgan fingerprint density at radius 3 is 2.68 bits per heavy atom. The molecule has 1 aliphatic heterocycles. The van der Waals surface area contributed by atoms with Crippen molar-refractivity contribution < 1.29 is 32.3 Å². The van der Waals surface area contributed by atoms with E-state index in [0.29, 0.717) is 22.4 Å². The maximum absolute atomic E-state index is 16.3. The van der Waals surface area contributed by atoms with Gasteiger partial charge in [-0.2, -0.15) is 15.1 Å². The topological polar surface area (TPSA) is 156 Å². The SMILES string of the molecule is CC(C)OC(=O)[C@H](C)NP(=O)(OC[C@]1(F)C[C@H](C)[C@H](n2cnc3c(N(C)C)nc(N)nc32)O1)Oc1cccc2ccccc12. The summed E-state index contributed by atoms with van der Waals surface area (Å²) >= 11 is 0. The highest BCUT2D eigenvalue weighted by Gasteiger charge is 2.49. The van der Waals surface area contributed by atoms with Crippen molar-refractivity contribution >= 4 is 47.4 Å². The second-order valence-corrected chi connectivity index (χ2v) is 13.1. The van der Waals surface area contributed by atoms with Gasteiger partial charge in [0.1, 0.15) is 24.6 Å². The van der Waals surface area contributed by atoms with Crippen molar-refractivity contribution in [2.45, 2.75) is 58.3 Å². The van der Waals surface area contributed by atoms with E-state index in [1.807, 2.05) is 25.1 Å². The Bertz CT molecular complexity index is 1710. The molecule has 0 amide bonds. The van der Waals surface area contributed by atoms with E-state index in [2.05, 4.69) is 20.0 Å². The lowest BCUT2D eigenvalue weighted by Gasteiger charge is -2.27. The van der Waals surface area contributed by atoms with Crippen molar-refractivity contribution in [2.24, 2.45) is 5.92 Å². The van der Waals surface area contributed by atoms with Crippen molar-refractivity contribution in [3.8, 4) is 5.75 Å². The standard InChI is InChI=1S/C29H37FN7O6P/c1-17(2)41-27(38)19(4)35-44(39,43-22-13-9-11-20-10-7-8-12-21(20)22)40-15-29(30)14-18(3)26(42-29)37-16-32-23-24(36(5)6)33-28(31)34-25(23)37/h7-13,16-19,26H,14-15H2,1-6H3,(H,35,39)(H2,31,33,34)/t18-,19-,26+,29-,44?/m0/s1. The van der Waals surface area contributed by atoms with Gasteiger partial charge in [0.05, 0.1) is 12.4 Å². The quantitative estimate of drug-likeness (QED) is 0.170. The number of carbonyl (C=O) groups excluding carboxylic acids is 1. The predicted octanol–water partition coefficient (Wildman–Crippen LogP) is 4.98. The fourth-order valence-electron chi connectivity index (χ4n) is 5.10. The summed E-state index contributed by atoms with van der Waals surface area (Å²) in [6, 6.07) is 11.4. The summed E-state index contributed by atoms with van der Waals surface area (Å²) in [7, 11) is -0.789. The van der Waals surface area contributed by atoms with Crippen LogP contribution in [0.25, 0.3) is 21.9 Å². The van der Waals surface area contributed by atoms with Gasteiger partial charge in [-0.15, -0.1) is 0 Å². The third kappa shape index (κ3) is 6.63. The summed E-state index contributed by atoms with van der Waals surface area (Å²) in [6.45, 7) is 5.90. The first-order valence-corrected chi connectivity index (χ1v) is 15.8. The van der Waals surface area contributed by atoms with Gasteiger partial charge in [0.25, 0.3) is 0 Å². The highest BCUT2D eigenvalue weighted by atomic mass is 31.2. The van der Waals surface area contributed by atoms with Gasteiger partial charge in [-0.3, -0.25) is 13.9 Å². The molecule has 1 saturated heterocycles. The van der Waals surface area contributed by atoms with Crippen LogP contribution in [0, 0.1) is 5.92 Å². The first-order valence-electron chi connectivity index (χ1n) is 14.2. The second kappa shape index (κ2) is 12.3. The van der Waals surface area contributed by atoms with Crippen molar-refractivity contribution in [1.82, 2.24) is 24.6 Å². The number of imidazole rings is 1. The van der Waals surface area contributed by atoms with Crippen LogP contribution in [0.3, 0.4) is 0 Å². The van der Waals surface area contributed by atoms with Crippen molar-refractivity contribution in [1.29, 1.82) is 0 Å². The Kier molecular flexibility index (Phi) is 8.81. The molecule has 5 atom stereocenters. The number of fused-ring (bicyclic) bond motifs is 2. The van der Waals surface area contributed by atoms with E-state index in [4.69, 9.17) is 24.3 Å². The lowest BCUT2D eigenvalue weighted by molar-refractivity contribution is -0.173. The molecule has 236 valence electrons. The Labute approximate surface area is 254 Å². The second-order valence-electron chi connectivity index (χ2n) is 11.4. The number of benzene rings is 2. The average molecular weight is 630 g/mol. The summed E-state index contributed by atoms with van der Waals surface area (Å²) < 4.78 is 54.9. The van der Waals surface area contributed by atoms with Crippen LogP contribution in [0.5, 0.6) is 5.75 Å². The summed E-state index contributed by atoms with van der Waals surface area (Å²) in [6.07, 6.45) is 0.165. The molecule has 3 N–H and O–H groups in total. The van der Waals surface area contributed by atoms with Gasteiger partial charge in [0, 0.05) is 31.8 Å². The van der Waals surface area contributed by atoms with Crippen LogP contribution in [0.15, 0.2) is 48.8 Å². The number of halogens is 1. The number of esters is 1. The number of hydrogen-bond acceptors (Lipinski definition) is 11. The van der Waals surface area contributed by atoms with Crippen molar-refractivity contribution in [3.63, 3.8) is 0 Å². The monoisotopic (exact) mass is 629 g/mol. The van der Waals surface area contributed by atoms with E-state index in [1.54, 1.807) is 61.7 Å². The molecule has 2 aromatic carbocycles. The van der Waals surface area contributed by atoms with Crippen LogP contribution in [0.4, 0.5) is 16.2 Å². The number of nitrogen functional groups attached to an aromatic ring is 1. The molecule has 1 unspecified atom stereocenters.